The van der Waals surface area contributed by atoms with Crippen LogP contribution < -0.4 is 9.64 Å². The summed E-state index contributed by atoms with van der Waals surface area (Å²) in [4.78, 5) is 36.7. The lowest BCUT2D eigenvalue weighted by atomic mass is 9.81. The first-order valence-electron chi connectivity index (χ1n) is 15.6. The summed E-state index contributed by atoms with van der Waals surface area (Å²) in [7, 11) is 0. The first kappa shape index (κ1) is 30.0. The first-order chi connectivity index (χ1) is 19.6. The van der Waals surface area contributed by atoms with Crippen molar-refractivity contribution in [2.75, 3.05) is 18.0 Å². The molecule has 1 saturated heterocycles. The maximum Gasteiger partial charge on any atom is 0.348 e. The minimum absolute atomic E-state index is 0.0261. The highest BCUT2D eigenvalue weighted by Crippen LogP contribution is 2.42. The van der Waals surface area contributed by atoms with Crippen LogP contribution in [0.2, 0.25) is 0 Å². The number of nitrogens with zero attached hydrogens (tertiary/aromatic N) is 3. The molecule has 7 nitrogen and oxygen atoms in total. The number of carboxylic acid groups (broad SMARTS) is 1. The Bertz CT molecular complexity index is 1200. The van der Waals surface area contributed by atoms with Gasteiger partial charge >= 0.3 is 5.97 Å². The fraction of sp³-hybridized carbons (Fsp3) is 0.667. The van der Waals surface area contributed by atoms with Gasteiger partial charge in [-0.2, -0.15) is 0 Å². The predicted molar refractivity (Wildman–Crippen MR) is 164 cm³/mol. The molecule has 2 aromatic rings. The van der Waals surface area contributed by atoms with Crippen LogP contribution in [0.15, 0.2) is 24.5 Å². The number of anilines is 1. The van der Waals surface area contributed by atoms with Crippen LogP contribution in [-0.2, 0) is 16.8 Å². The molecule has 0 radical (unpaired) electrons. The molecule has 0 bridgehead atoms. The Morgan fingerprint density at radius 1 is 1.02 bits per heavy atom. The summed E-state index contributed by atoms with van der Waals surface area (Å²) in [6.07, 6.45) is 13.4. The molecular weight excluding hydrogens is 534 g/mol. The summed E-state index contributed by atoms with van der Waals surface area (Å²) in [5.41, 5.74) is 1.59. The van der Waals surface area contributed by atoms with Gasteiger partial charge in [0.15, 0.2) is 0 Å². The number of aromatic carboxylic acids is 1. The summed E-state index contributed by atoms with van der Waals surface area (Å²) >= 11 is 1.32. The molecule has 0 atom stereocenters. The van der Waals surface area contributed by atoms with Crippen LogP contribution in [0.4, 0.5) is 5.69 Å². The Kier molecular flexibility index (Phi) is 9.39. The van der Waals surface area contributed by atoms with E-state index in [0.717, 1.165) is 81.6 Å². The number of rotatable bonds is 8. The number of carbonyl (C=O) groups excluding carboxylic acids is 1. The minimum Gasteiger partial charge on any atom is -0.489 e. The quantitative estimate of drug-likeness (QED) is 0.353. The van der Waals surface area contributed by atoms with Crippen molar-refractivity contribution in [3.8, 4) is 5.75 Å². The average molecular weight is 582 g/mol. The maximum absolute atomic E-state index is 14.2. The number of likely N-dealkylation sites (tertiary alicyclic amines) is 1. The topological polar surface area (TPSA) is 83.0 Å². The van der Waals surface area contributed by atoms with Crippen molar-refractivity contribution in [1.29, 1.82) is 0 Å². The molecule has 2 aromatic heterocycles. The first-order valence-corrected chi connectivity index (χ1v) is 16.4. The normalized spacial score (nSPS) is 25.7. The van der Waals surface area contributed by atoms with Crippen molar-refractivity contribution in [3.05, 3.63) is 39.8 Å². The van der Waals surface area contributed by atoms with Crippen molar-refractivity contribution >= 4 is 28.9 Å². The number of aromatic nitrogens is 1. The maximum atomic E-state index is 14.2. The molecule has 224 valence electrons. The summed E-state index contributed by atoms with van der Waals surface area (Å²) in [6.45, 7) is 11.8. The zero-order chi connectivity index (χ0) is 29.1. The smallest absolute Gasteiger partial charge is 0.348 e. The van der Waals surface area contributed by atoms with Gasteiger partial charge in [-0.3, -0.25) is 14.7 Å². The molecule has 41 heavy (non-hydrogen) atoms. The lowest BCUT2D eigenvalue weighted by Crippen LogP contribution is -2.47. The SMILES string of the molecule is CC1CCC(C(=O)N(c2cc(C(C)(C)C)sc2C(=O)O)C2CCC(Oc3cncc(CN4CCCC4)c3)CC2)CC1. The van der Waals surface area contributed by atoms with Crippen LogP contribution in [0.25, 0.3) is 0 Å². The third-order valence-electron chi connectivity index (χ3n) is 9.19. The number of pyridine rings is 1. The van der Waals surface area contributed by atoms with E-state index in [-0.39, 0.29) is 34.3 Å². The van der Waals surface area contributed by atoms with Crippen LogP contribution in [-0.4, -0.2) is 52.1 Å². The van der Waals surface area contributed by atoms with Gasteiger partial charge in [0.05, 0.1) is 18.0 Å². The van der Waals surface area contributed by atoms with E-state index in [2.05, 4.69) is 43.6 Å². The molecule has 2 aliphatic carbocycles. The second kappa shape index (κ2) is 12.8. The lowest BCUT2D eigenvalue weighted by Gasteiger charge is -2.39. The number of amides is 1. The van der Waals surface area contributed by atoms with Crippen LogP contribution >= 0.6 is 11.3 Å². The van der Waals surface area contributed by atoms with Gasteiger partial charge in [0, 0.05) is 29.6 Å². The van der Waals surface area contributed by atoms with Gasteiger partial charge in [0.25, 0.3) is 0 Å². The van der Waals surface area contributed by atoms with Crippen LogP contribution in [0.1, 0.15) is 112 Å². The van der Waals surface area contributed by atoms with Gasteiger partial charge in [-0.25, -0.2) is 4.79 Å². The van der Waals surface area contributed by atoms with E-state index in [9.17, 15) is 14.7 Å². The Morgan fingerprint density at radius 3 is 2.34 bits per heavy atom. The van der Waals surface area contributed by atoms with Gasteiger partial charge in [-0.05, 0) is 106 Å². The van der Waals surface area contributed by atoms with Gasteiger partial charge < -0.3 is 14.7 Å². The molecular formula is C33H47N3O4S. The lowest BCUT2D eigenvalue weighted by molar-refractivity contribution is -0.124. The van der Waals surface area contributed by atoms with Gasteiger partial charge in [0.2, 0.25) is 5.91 Å². The molecule has 2 saturated carbocycles. The van der Waals surface area contributed by atoms with Crippen molar-refractivity contribution in [2.24, 2.45) is 11.8 Å². The van der Waals surface area contributed by atoms with Crippen molar-refractivity contribution in [2.45, 2.75) is 116 Å². The van der Waals surface area contributed by atoms with Gasteiger partial charge in [-0.15, -0.1) is 11.3 Å². The third-order valence-corrected chi connectivity index (χ3v) is 10.7. The summed E-state index contributed by atoms with van der Waals surface area (Å²) < 4.78 is 6.42. The van der Waals surface area contributed by atoms with E-state index in [4.69, 9.17) is 4.74 Å². The molecule has 3 heterocycles. The second-order valence-corrected chi connectivity index (χ2v) is 14.7. The number of carbonyl (C=O) groups is 2. The number of carboxylic acids is 1. The highest BCUT2D eigenvalue weighted by atomic mass is 32.1. The third kappa shape index (κ3) is 7.31. The molecule has 3 fully saturated rings. The highest BCUT2D eigenvalue weighted by molar-refractivity contribution is 7.14. The van der Waals surface area contributed by atoms with Crippen molar-refractivity contribution in [3.63, 3.8) is 0 Å². The number of ether oxygens (including phenoxy) is 1. The van der Waals surface area contributed by atoms with E-state index >= 15 is 0 Å². The Labute approximate surface area is 249 Å². The standard InChI is InChI=1S/C33H47N3O4S/c1-22-7-9-24(10-8-22)31(37)36(28-18-29(33(2,3)4)41-30(28)32(38)39)25-11-13-26(14-12-25)40-27-17-23(19-34-20-27)21-35-15-5-6-16-35/h17-20,22,24-26H,5-16,21H2,1-4H3,(H,38,39). The van der Waals surface area contributed by atoms with Crippen LogP contribution in [0.3, 0.4) is 0 Å². The Balaban J connectivity index is 1.32. The fourth-order valence-corrected chi connectivity index (χ4v) is 7.76. The minimum atomic E-state index is -0.950. The van der Waals surface area contributed by atoms with Crippen LogP contribution in [0.5, 0.6) is 5.75 Å². The van der Waals surface area contributed by atoms with E-state index < -0.39 is 5.97 Å². The van der Waals surface area contributed by atoms with Crippen molar-refractivity contribution < 1.29 is 19.4 Å². The Morgan fingerprint density at radius 2 is 1.71 bits per heavy atom. The van der Waals surface area contributed by atoms with Crippen molar-refractivity contribution in [1.82, 2.24) is 9.88 Å². The van der Waals surface area contributed by atoms with Crippen LogP contribution in [0, 0.1) is 11.8 Å². The highest BCUT2D eigenvalue weighted by Gasteiger charge is 2.38. The van der Waals surface area contributed by atoms with E-state index in [0.29, 0.717) is 11.6 Å². The summed E-state index contributed by atoms with van der Waals surface area (Å²) in [5, 5.41) is 10.2. The molecule has 0 unspecified atom stereocenters. The molecule has 3 aliphatic rings. The molecule has 1 N–H and O–H groups in total. The van der Waals surface area contributed by atoms with E-state index in [1.54, 1.807) is 6.20 Å². The second-order valence-electron chi connectivity index (χ2n) is 13.6. The number of thiophene rings is 1. The van der Waals surface area contributed by atoms with E-state index in [1.807, 2.05) is 17.2 Å². The predicted octanol–water partition coefficient (Wildman–Crippen LogP) is 7.28. The van der Waals surface area contributed by atoms with Gasteiger partial charge in [0.1, 0.15) is 10.6 Å². The fourth-order valence-electron chi connectivity index (χ4n) is 6.71. The monoisotopic (exact) mass is 581 g/mol. The number of hydrogen-bond donors (Lipinski definition) is 1. The molecule has 0 aromatic carbocycles. The zero-order valence-electron chi connectivity index (χ0n) is 25.2. The number of hydrogen-bond acceptors (Lipinski definition) is 6. The summed E-state index contributed by atoms with van der Waals surface area (Å²) in [5.74, 6) is 0.584. The molecule has 0 spiro atoms. The molecule has 1 amide bonds. The zero-order valence-corrected chi connectivity index (χ0v) is 26.0. The largest absolute Gasteiger partial charge is 0.489 e. The van der Waals surface area contributed by atoms with Gasteiger partial charge in [-0.1, -0.05) is 27.7 Å². The molecule has 5 rings (SSSR count). The molecule has 1 aliphatic heterocycles. The average Bonchev–Trinajstić information content (AvgIpc) is 3.61. The summed E-state index contributed by atoms with van der Waals surface area (Å²) in [6, 6.07) is 4.08. The molecule has 8 heteroatoms. The Hall–Kier alpha value is -2.45. The van der Waals surface area contributed by atoms with E-state index in [1.165, 1.54) is 29.7 Å².